The van der Waals surface area contributed by atoms with Crippen molar-refractivity contribution in [2.75, 3.05) is 13.2 Å². The molecule has 0 saturated carbocycles. The molecule has 0 atom stereocenters. The van der Waals surface area contributed by atoms with E-state index in [-0.39, 0.29) is 13.2 Å². The highest BCUT2D eigenvalue weighted by molar-refractivity contribution is 5.03. The molecule has 2 heteroatoms. The number of allylic oxidation sites excluding steroid dienone is 2. The molecule has 0 saturated heterocycles. The Hall–Kier alpha value is -0.600. The summed E-state index contributed by atoms with van der Waals surface area (Å²) < 4.78 is 0. The Labute approximate surface area is 80.6 Å². The number of aliphatic hydroxyl groups is 2. The van der Waals surface area contributed by atoms with Crippen molar-refractivity contribution in [3.63, 3.8) is 0 Å². The van der Waals surface area contributed by atoms with E-state index in [9.17, 15) is 0 Å². The van der Waals surface area contributed by atoms with E-state index in [1.807, 2.05) is 6.92 Å². The minimum absolute atomic E-state index is 0.152. The van der Waals surface area contributed by atoms with Gasteiger partial charge in [-0.25, -0.2) is 0 Å². The average Bonchev–Trinajstić information content (AvgIpc) is 2.14. The lowest BCUT2D eigenvalue weighted by molar-refractivity contribution is 0.302. The highest BCUT2D eigenvalue weighted by atomic mass is 16.3. The summed E-state index contributed by atoms with van der Waals surface area (Å²) in [7, 11) is 0. The fraction of sp³-hybridized carbons (Fsp3) is 0.636. The first-order valence-corrected chi connectivity index (χ1v) is 4.73. The zero-order valence-electron chi connectivity index (χ0n) is 8.58. The standard InChI is InChI=1S/C11H20O2/c1-10(7-4-8-12)5-3-6-11(2)9-13/h6-7,12-13H,3-5,8-9H2,1-2H3/b10-7+,11-6-. The van der Waals surface area contributed by atoms with Gasteiger partial charge in [0.05, 0.1) is 6.61 Å². The van der Waals surface area contributed by atoms with Crippen molar-refractivity contribution in [1.82, 2.24) is 0 Å². The number of aliphatic hydroxyl groups excluding tert-OH is 2. The second-order valence-electron chi connectivity index (χ2n) is 3.31. The van der Waals surface area contributed by atoms with E-state index in [0.717, 1.165) is 24.8 Å². The molecule has 0 aromatic heterocycles. The molecule has 0 spiro atoms. The third-order valence-corrected chi connectivity index (χ3v) is 1.90. The Morgan fingerprint density at radius 1 is 1.00 bits per heavy atom. The summed E-state index contributed by atoms with van der Waals surface area (Å²) in [5.74, 6) is 0. The highest BCUT2D eigenvalue weighted by Gasteiger charge is 1.89. The van der Waals surface area contributed by atoms with Gasteiger partial charge in [-0.15, -0.1) is 0 Å². The molecule has 0 rings (SSSR count). The van der Waals surface area contributed by atoms with Crippen molar-refractivity contribution in [2.24, 2.45) is 0 Å². The van der Waals surface area contributed by atoms with Gasteiger partial charge in [-0.1, -0.05) is 23.3 Å². The van der Waals surface area contributed by atoms with Gasteiger partial charge < -0.3 is 10.2 Å². The van der Waals surface area contributed by atoms with Crippen LogP contribution in [0.25, 0.3) is 0 Å². The third kappa shape index (κ3) is 7.75. The maximum atomic E-state index is 8.73. The van der Waals surface area contributed by atoms with Crippen LogP contribution in [-0.2, 0) is 0 Å². The molecule has 0 heterocycles. The number of hydrogen-bond donors (Lipinski definition) is 2. The fourth-order valence-corrected chi connectivity index (χ4v) is 1.02. The molecule has 0 aromatic rings. The van der Waals surface area contributed by atoms with Crippen molar-refractivity contribution in [3.05, 3.63) is 23.3 Å². The smallest absolute Gasteiger partial charge is 0.0639 e. The quantitative estimate of drug-likeness (QED) is 0.620. The van der Waals surface area contributed by atoms with Gasteiger partial charge in [0.2, 0.25) is 0 Å². The van der Waals surface area contributed by atoms with Crippen molar-refractivity contribution in [3.8, 4) is 0 Å². The molecule has 0 radical (unpaired) electrons. The molecule has 2 N–H and O–H groups in total. The lowest BCUT2D eigenvalue weighted by atomic mass is 10.1. The van der Waals surface area contributed by atoms with E-state index in [1.54, 1.807) is 0 Å². The number of rotatable bonds is 6. The summed E-state index contributed by atoms with van der Waals surface area (Å²) >= 11 is 0. The van der Waals surface area contributed by atoms with Crippen molar-refractivity contribution in [1.29, 1.82) is 0 Å². The predicted molar refractivity (Wildman–Crippen MR) is 55.5 cm³/mol. The lowest BCUT2D eigenvalue weighted by Crippen LogP contribution is -1.85. The van der Waals surface area contributed by atoms with Gasteiger partial charge in [0.25, 0.3) is 0 Å². The van der Waals surface area contributed by atoms with Crippen LogP contribution in [0.3, 0.4) is 0 Å². The fourth-order valence-electron chi connectivity index (χ4n) is 1.02. The Bertz CT molecular complexity index is 181. The Morgan fingerprint density at radius 2 is 1.62 bits per heavy atom. The summed E-state index contributed by atoms with van der Waals surface area (Å²) in [6, 6.07) is 0. The average molecular weight is 184 g/mol. The molecule has 76 valence electrons. The molecule has 0 amide bonds. The van der Waals surface area contributed by atoms with Crippen LogP contribution in [0.1, 0.15) is 33.1 Å². The molecule has 0 unspecified atom stereocenters. The second-order valence-corrected chi connectivity index (χ2v) is 3.31. The largest absolute Gasteiger partial charge is 0.396 e. The van der Waals surface area contributed by atoms with Crippen LogP contribution in [0.2, 0.25) is 0 Å². The van der Waals surface area contributed by atoms with Gasteiger partial charge in [-0.3, -0.25) is 0 Å². The topological polar surface area (TPSA) is 40.5 Å². The van der Waals surface area contributed by atoms with E-state index < -0.39 is 0 Å². The lowest BCUT2D eigenvalue weighted by Gasteiger charge is -1.98. The Balaban J connectivity index is 3.63. The molecule has 0 bridgehead atoms. The summed E-state index contributed by atoms with van der Waals surface area (Å²) in [4.78, 5) is 0. The van der Waals surface area contributed by atoms with Crippen molar-refractivity contribution in [2.45, 2.75) is 33.1 Å². The first-order chi connectivity index (χ1) is 6.20. The molecule has 13 heavy (non-hydrogen) atoms. The predicted octanol–water partition coefficient (Wildman–Crippen LogP) is 2.03. The van der Waals surface area contributed by atoms with Gasteiger partial charge in [0, 0.05) is 6.61 Å². The van der Waals surface area contributed by atoms with Crippen LogP contribution in [0.4, 0.5) is 0 Å². The minimum atomic E-state index is 0.152. The molecular formula is C11H20O2. The molecule has 2 nitrogen and oxygen atoms in total. The highest BCUT2D eigenvalue weighted by Crippen LogP contribution is 2.07. The van der Waals surface area contributed by atoms with Crippen LogP contribution in [0.5, 0.6) is 0 Å². The zero-order valence-corrected chi connectivity index (χ0v) is 8.58. The molecule has 0 aromatic carbocycles. The van der Waals surface area contributed by atoms with Crippen LogP contribution < -0.4 is 0 Å². The van der Waals surface area contributed by atoms with E-state index in [0.29, 0.717) is 0 Å². The van der Waals surface area contributed by atoms with Crippen LogP contribution in [0, 0.1) is 0 Å². The minimum Gasteiger partial charge on any atom is -0.396 e. The normalized spacial score (nSPS) is 13.5. The van der Waals surface area contributed by atoms with E-state index in [2.05, 4.69) is 19.1 Å². The van der Waals surface area contributed by atoms with Gasteiger partial charge >= 0.3 is 0 Å². The van der Waals surface area contributed by atoms with Gasteiger partial charge in [0.1, 0.15) is 0 Å². The molecule has 0 aliphatic heterocycles. The van der Waals surface area contributed by atoms with Crippen LogP contribution in [0.15, 0.2) is 23.3 Å². The van der Waals surface area contributed by atoms with Crippen LogP contribution >= 0.6 is 0 Å². The maximum Gasteiger partial charge on any atom is 0.0639 e. The Morgan fingerprint density at radius 3 is 2.15 bits per heavy atom. The van der Waals surface area contributed by atoms with Crippen molar-refractivity contribution >= 4 is 0 Å². The SMILES string of the molecule is C/C(=C/CC/C(C)=C/CCO)CO. The van der Waals surface area contributed by atoms with Crippen LogP contribution in [-0.4, -0.2) is 23.4 Å². The van der Waals surface area contributed by atoms with Gasteiger partial charge in [-0.05, 0) is 33.1 Å². The molecular weight excluding hydrogens is 164 g/mol. The first-order valence-electron chi connectivity index (χ1n) is 4.73. The maximum absolute atomic E-state index is 8.73. The third-order valence-electron chi connectivity index (χ3n) is 1.90. The number of hydrogen-bond acceptors (Lipinski definition) is 2. The van der Waals surface area contributed by atoms with E-state index in [1.165, 1.54) is 5.57 Å². The zero-order chi connectivity index (χ0) is 10.1. The monoisotopic (exact) mass is 184 g/mol. The second kappa shape index (κ2) is 8.02. The van der Waals surface area contributed by atoms with Crippen molar-refractivity contribution < 1.29 is 10.2 Å². The molecule has 0 aliphatic rings. The molecule has 0 fully saturated rings. The van der Waals surface area contributed by atoms with Gasteiger partial charge in [0.15, 0.2) is 0 Å². The summed E-state index contributed by atoms with van der Waals surface area (Å²) in [5, 5.41) is 17.3. The summed E-state index contributed by atoms with van der Waals surface area (Å²) in [6.07, 6.45) is 6.84. The summed E-state index contributed by atoms with van der Waals surface area (Å²) in [5.41, 5.74) is 2.32. The molecule has 0 aliphatic carbocycles. The van der Waals surface area contributed by atoms with E-state index in [4.69, 9.17) is 10.2 Å². The summed E-state index contributed by atoms with van der Waals surface area (Å²) in [6.45, 7) is 4.37. The van der Waals surface area contributed by atoms with Gasteiger partial charge in [-0.2, -0.15) is 0 Å². The Kier molecular flexibility index (Phi) is 7.65. The van der Waals surface area contributed by atoms with E-state index >= 15 is 0 Å². The first kappa shape index (κ1) is 12.4.